The minimum Gasteiger partial charge on any atom is -0.492 e. The van der Waals surface area contributed by atoms with Gasteiger partial charge in [0.15, 0.2) is 0 Å². The molecule has 3 heterocycles. The number of fused-ring (bicyclic) bond motifs is 2. The lowest BCUT2D eigenvalue weighted by atomic mass is 10.0. The Balaban J connectivity index is 1.40. The summed E-state index contributed by atoms with van der Waals surface area (Å²) in [5.41, 5.74) is 7.42. The van der Waals surface area contributed by atoms with Crippen molar-refractivity contribution >= 4 is 21.8 Å². The van der Waals surface area contributed by atoms with Gasteiger partial charge in [0.1, 0.15) is 23.9 Å². The molecule has 0 aliphatic carbocycles. The smallest absolute Gasteiger partial charge is 0.127 e. The van der Waals surface area contributed by atoms with Crippen molar-refractivity contribution in [3.8, 4) is 39.4 Å². The molecule has 0 amide bonds. The average Bonchev–Trinajstić information content (AvgIpc) is 3.60. The monoisotopic (exact) mass is 494 g/mol. The van der Waals surface area contributed by atoms with Gasteiger partial charge >= 0.3 is 0 Å². The zero-order valence-electron chi connectivity index (χ0n) is 20.9. The summed E-state index contributed by atoms with van der Waals surface area (Å²) >= 11 is 0. The number of halogens is 1. The first-order valence-corrected chi connectivity index (χ1v) is 12.1. The number of nitrogens with one attached hydrogen (secondary N) is 2. The van der Waals surface area contributed by atoms with Crippen LogP contribution < -0.4 is 4.74 Å². The van der Waals surface area contributed by atoms with Gasteiger partial charge in [-0.3, -0.25) is 9.78 Å². The average molecular weight is 495 g/mol. The van der Waals surface area contributed by atoms with Crippen molar-refractivity contribution in [2.75, 3.05) is 27.2 Å². The molecular formula is C29H27FN6O. The molecule has 2 N–H and O–H groups in total. The number of nitrogens with zero attached hydrogens (tertiary/aromatic N) is 4. The highest BCUT2D eigenvalue weighted by molar-refractivity contribution is 6.02. The Morgan fingerprint density at radius 2 is 1.84 bits per heavy atom. The minimum atomic E-state index is -0.327. The summed E-state index contributed by atoms with van der Waals surface area (Å²) in [7, 11) is 5.87. The Morgan fingerprint density at radius 3 is 2.65 bits per heavy atom. The van der Waals surface area contributed by atoms with E-state index >= 15 is 0 Å². The lowest BCUT2D eigenvalue weighted by Crippen LogP contribution is -2.19. The van der Waals surface area contributed by atoms with Crippen LogP contribution in [0, 0.1) is 5.82 Å². The van der Waals surface area contributed by atoms with Crippen LogP contribution in [0.1, 0.15) is 0 Å². The van der Waals surface area contributed by atoms with E-state index in [2.05, 4.69) is 38.5 Å². The van der Waals surface area contributed by atoms with Crippen LogP contribution in [0.2, 0.25) is 0 Å². The molecule has 6 aromatic rings. The SMILES string of the molecule is CN(C)CCOc1cc(F)cc(-c2cccc3[nH]c(-c4n[nH]c5ccc(-c6cnn(C)c6)cc45)cc23)c1. The van der Waals surface area contributed by atoms with Gasteiger partial charge in [0.05, 0.1) is 17.4 Å². The lowest BCUT2D eigenvalue weighted by Gasteiger charge is -2.12. The predicted octanol–water partition coefficient (Wildman–Crippen LogP) is 5.86. The fraction of sp³-hybridized carbons (Fsp3) is 0.172. The summed E-state index contributed by atoms with van der Waals surface area (Å²) in [6.07, 6.45) is 3.85. The van der Waals surface area contributed by atoms with Crippen LogP contribution in [-0.2, 0) is 7.05 Å². The number of aromatic amines is 2. The van der Waals surface area contributed by atoms with Crippen LogP contribution in [0.3, 0.4) is 0 Å². The molecule has 3 aromatic heterocycles. The van der Waals surface area contributed by atoms with E-state index in [0.29, 0.717) is 12.4 Å². The molecule has 0 spiro atoms. The molecule has 3 aromatic carbocycles. The molecule has 0 aliphatic rings. The Labute approximate surface area is 213 Å². The number of hydrogen-bond acceptors (Lipinski definition) is 4. The Bertz CT molecular complexity index is 1730. The van der Waals surface area contributed by atoms with E-state index in [4.69, 9.17) is 4.74 Å². The van der Waals surface area contributed by atoms with Gasteiger partial charge in [-0.2, -0.15) is 10.2 Å². The summed E-state index contributed by atoms with van der Waals surface area (Å²) < 4.78 is 22.2. The largest absolute Gasteiger partial charge is 0.492 e. The second-order valence-corrected chi connectivity index (χ2v) is 9.51. The Hall–Kier alpha value is -4.43. The van der Waals surface area contributed by atoms with E-state index < -0.39 is 0 Å². The van der Waals surface area contributed by atoms with Crippen molar-refractivity contribution in [2.24, 2.45) is 7.05 Å². The highest BCUT2D eigenvalue weighted by Crippen LogP contribution is 2.36. The first-order valence-electron chi connectivity index (χ1n) is 12.1. The minimum absolute atomic E-state index is 0.327. The quantitative estimate of drug-likeness (QED) is 0.292. The number of benzene rings is 3. The van der Waals surface area contributed by atoms with E-state index in [9.17, 15) is 4.39 Å². The Kier molecular flexibility index (Phi) is 5.73. The summed E-state index contributed by atoms with van der Waals surface area (Å²) in [5, 5.41) is 14.1. The summed E-state index contributed by atoms with van der Waals surface area (Å²) in [4.78, 5) is 5.54. The number of likely N-dealkylation sites (N-methyl/N-ethyl adjacent to an activating group) is 1. The number of rotatable bonds is 7. The highest BCUT2D eigenvalue weighted by atomic mass is 19.1. The third-order valence-electron chi connectivity index (χ3n) is 6.51. The standard InChI is InChI=1S/C29H27FN6O/c1-35(2)9-10-37-22-12-19(11-21(30)14-22)23-5-4-6-26-24(23)15-28(32-26)29-25-13-18(7-8-27(25)33-34-29)20-16-31-36(3)17-20/h4-8,11-17,32H,9-10H2,1-3H3,(H,33,34). The van der Waals surface area contributed by atoms with E-state index in [1.165, 1.54) is 6.07 Å². The van der Waals surface area contributed by atoms with Crippen molar-refractivity contribution in [3.05, 3.63) is 78.9 Å². The molecule has 0 radical (unpaired) electrons. The van der Waals surface area contributed by atoms with Crippen LogP contribution in [0.15, 0.2) is 73.1 Å². The second kappa shape index (κ2) is 9.22. The molecule has 0 saturated carbocycles. The molecule has 186 valence electrons. The van der Waals surface area contributed by atoms with Crippen molar-refractivity contribution in [2.45, 2.75) is 0 Å². The number of hydrogen-bond donors (Lipinski definition) is 2. The zero-order chi connectivity index (χ0) is 25.5. The van der Waals surface area contributed by atoms with E-state index in [1.807, 2.05) is 68.8 Å². The summed E-state index contributed by atoms with van der Waals surface area (Å²) in [6, 6.07) is 19.2. The van der Waals surface area contributed by atoms with Gasteiger partial charge in [-0.25, -0.2) is 4.39 Å². The first kappa shape index (κ1) is 23.0. The van der Waals surface area contributed by atoms with Crippen LogP contribution in [0.5, 0.6) is 5.75 Å². The number of H-pyrrole nitrogens is 2. The van der Waals surface area contributed by atoms with E-state index in [1.54, 1.807) is 10.7 Å². The van der Waals surface area contributed by atoms with E-state index in [0.717, 1.165) is 62.0 Å². The van der Waals surface area contributed by atoms with Gasteiger partial charge in [0.25, 0.3) is 0 Å². The molecule has 7 nitrogen and oxygen atoms in total. The number of aromatic nitrogens is 5. The Morgan fingerprint density at radius 1 is 0.946 bits per heavy atom. The van der Waals surface area contributed by atoms with Crippen LogP contribution in [0.4, 0.5) is 4.39 Å². The van der Waals surface area contributed by atoms with Gasteiger partial charge in [-0.1, -0.05) is 18.2 Å². The molecule has 37 heavy (non-hydrogen) atoms. The van der Waals surface area contributed by atoms with Gasteiger partial charge in [0, 0.05) is 47.7 Å². The normalized spacial score (nSPS) is 11.7. The molecule has 8 heteroatoms. The van der Waals surface area contributed by atoms with Crippen LogP contribution in [0.25, 0.3) is 55.4 Å². The topological polar surface area (TPSA) is 74.8 Å². The van der Waals surface area contributed by atoms with Crippen molar-refractivity contribution < 1.29 is 9.13 Å². The van der Waals surface area contributed by atoms with Gasteiger partial charge < -0.3 is 14.6 Å². The van der Waals surface area contributed by atoms with Gasteiger partial charge in [-0.15, -0.1) is 0 Å². The fourth-order valence-electron chi connectivity index (χ4n) is 4.65. The zero-order valence-corrected chi connectivity index (χ0v) is 20.9. The summed E-state index contributed by atoms with van der Waals surface area (Å²) in [5.74, 6) is 0.192. The third-order valence-corrected chi connectivity index (χ3v) is 6.51. The molecule has 0 bridgehead atoms. The van der Waals surface area contributed by atoms with Crippen molar-refractivity contribution in [1.29, 1.82) is 0 Å². The molecule has 0 aliphatic heterocycles. The van der Waals surface area contributed by atoms with Crippen molar-refractivity contribution in [1.82, 2.24) is 29.9 Å². The summed E-state index contributed by atoms with van der Waals surface area (Å²) in [6.45, 7) is 1.24. The lowest BCUT2D eigenvalue weighted by molar-refractivity contribution is 0.260. The van der Waals surface area contributed by atoms with E-state index in [-0.39, 0.29) is 5.82 Å². The third kappa shape index (κ3) is 4.47. The molecule has 0 atom stereocenters. The highest BCUT2D eigenvalue weighted by Gasteiger charge is 2.15. The maximum absolute atomic E-state index is 14.6. The maximum Gasteiger partial charge on any atom is 0.127 e. The first-order chi connectivity index (χ1) is 17.9. The fourth-order valence-corrected chi connectivity index (χ4v) is 4.65. The van der Waals surface area contributed by atoms with Gasteiger partial charge in [0.2, 0.25) is 0 Å². The van der Waals surface area contributed by atoms with Gasteiger partial charge in [-0.05, 0) is 67.2 Å². The molecule has 0 unspecified atom stereocenters. The van der Waals surface area contributed by atoms with Crippen LogP contribution in [-0.4, -0.2) is 57.1 Å². The van der Waals surface area contributed by atoms with Crippen LogP contribution >= 0.6 is 0 Å². The number of aryl methyl sites for hydroxylation is 1. The molecular weight excluding hydrogens is 467 g/mol. The van der Waals surface area contributed by atoms with Crippen molar-refractivity contribution in [3.63, 3.8) is 0 Å². The molecule has 6 rings (SSSR count). The number of ether oxygens (including phenoxy) is 1. The maximum atomic E-state index is 14.6. The predicted molar refractivity (Wildman–Crippen MR) is 145 cm³/mol. The molecule has 0 saturated heterocycles. The second-order valence-electron chi connectivity index (χ2n) is 9.51. The molecule has 0 fully saturated rings.